The van der Waals surface area contributed by atoms with Crippen molar-refractivity contribution in [3.05, 3.63) is 29.8 Å². The van der Waals surface area contributed by atoms with Gasteiger partial charge >= 0.3 is 0 Å². The minimum atomic E-state index is -0.0579. The number of rotatable bonds is 3. The van der Waals surface area contributed by atoms with Crippen molar-refractivity contribution in [2.24, 2.45) is 15.7 Å². The first kappa shape index (κ1) is 18.6. The van der Waals surface area contributed by atoms with Crippen LogP contribution in [0.15, 0.2) is 34.3 Å². The minimum absolute atomic E-state index is 0.0579. The molecule has 2 aliphatic heterocycles. The summed E-state index contributed by atoms with van der Waals surface area (Å²) in [6, 6.07) is 6.93. The maximum Gasteiger partial charge on any atom is 0.198 e. The maximum absolute atomic E-state index is 9.84. The van der Waals surface area contributed by atoms with Crippen molar-refractivity contribution in [2.45, 2.75) is 13.1 Å². The Balaban J connectivity index is 1.86. The Morgan fingerprint density at radius 1 is 1.12 bits per heavy atom. The second kappa shape index (κ2) is 8.98. The number of morpholine rings is 2. The molecule has 0 spiro atoms. The van der Waals surface area contributed by atoms with E-state index in [0.29, 0.717) is 51.3 Å². The third kappa shape index (κ3) is 4.94. The maximum atomic E-state index is 9.84. The highest BCUT2D eigenvalue weighted by Crippen LogP contribution is 2.15. The zero-order chi connectivity index (χ0) is 18.4. The summed E-state index contributed by atoms with van der Waals surface area (Å²) in [6.07, 6.45) is -0.0579. The van der Waals surface area contributed by atoms with Crippen LogP contribution in [0, 0.1) is 0 Å². The molecule has 3 N–H and O–H groups in total. The molecule has 2 saturated heterocycles. The Morgan fingerprint density at radius 3 is 2.42 bits per heavy atom. The molecule has 2 fully saturated rings. The lowest BCUT2D eigenvalue weighted by Gasteiger charge is -2.30. The fourth-order valence-corrected chi connectivity index (χ4v) is 2.99. The third-order valence-electron chi connectivity index (χ3n) is 4.54. The molecule has 1 atom stereocenters. The number of phenols is 1. The molecule has 0 bridgehead atoms. The van der Waals surface area contributed by atoms with Crippen molar-refractivity contribution < 1.29 is 14.6 Å². The van der Waals surface area contributed by atoms with Crippen LogP contribution in [0.5, 0.6) is 5.75 Å². The van der Waals surface area contributed by atoms with E-state index in [-0.39, 0.29) is 11.9 Å². The minimum Gasteiger partial charge on any atom is -0.508 e. The van der Waals surface area contributed by atoms with Crippen molar-refractivity contribution in [3.8, 4) is 5.75 Å². The zero-order valence-electron chi connectivity index (χ0n) is 15.2. The van der Waals surface area contributed by atoms with Crippen molar-refractivity contribution in [1.29, 1.82) is 0 Å². The molecular formula is C18H27N5O3. The van der Waals surface area contributed by atoms with E-state index < -0.39 is 0 Å². The van der Waals surface area contributed by atoms with Gasteiger partial charge in [-0.2, -0.15) is 4.99 Å². The summed E-state index contributed by atoms with van der Waals surface area (Å²) < 4.78 is 10.8. The SMILES string of the molecule is CC(N=C(N=C(N)N1CCOCC1)c1cccc(O)c1)N1CCOCC1. The Bertz CT molecular complexity index is 652. The lowest BCUT2D eigenvalue weighted by atomic mass is 10.2. The monoisotopic (exact) mass is 361 g/mol. The van der Waals surface area contributed by atoms with E-state index in [1.807, 2.05) is 17.9 Å². The van der Waals surface area contributed by atoms with Gasteiger partial charge in [-0.25, -0.2) is 4.99 Å². The highest BCUT2D eigenvalue weighted by molar-refractivity contribution is 6.06. The van der Waals surface area contributed by atoms with Gasteiger partial charge < -0.3 is 25.2 Å². The lowest BCUT2D eigenvalue weighted by molar-refractivity contribution is 0.0220. The van der Waals surface area contributed by atoms with Gasteiger partial charge in [0, 0.05) is 31.7 Å². The van der Waals surface area contributed by atoms with Gasteiger partial charge in [0.1, 0.15) is 11.9 Å². The van der Waals surface area contributed by atoms with Gasteiger partial charge in [0.05, 0.1) is 26.4 Å². The smallest absolute Gasteiger partial charge is 0.198 e. The summed E-state index contributed by atoms with van der Waals surface area (Å²) in [6.45, 7) is 7.82. The number of hydrogen-bond donors (Lipinski definition) is 2. The van der Waals surface area contributed by atoms with Crippen molar-refractivity contribution in [2.75, 3.05) is 52.6 Å². The second-order valence-electron chi connectivity index (χ2n) is 6.35. The van der Waals surface area contributed by atoms with Crippen LogP contribution in [0.4, 0.5) is 0 Å². The van der Waals surface area contributed by atoms with Gasteiger partial charge in [0.25, 0.3) is 0 Å². The lowest BCUT2D eigenvalue weighted by Crippen LogP contribution is -2.45. The Morgan fingerprint density at radius 2 is 1.77 bits per heavy atom. The number of aromatic hydroxyl groups is 1. The number of ether oxygens (including phenoxy) is 2. The van der Waals surface area contributed by atoms with Gasteiger partial charge in [0.15, 0.2) is 11.8 Å². The zero-order valence-corrected chi connectivity index (χ0v) is 15.2. The molecule has 2 aliphatic rings. The Kier molecular flexibility index (Phi) is 6.43. The highest BCUT2D eigenvalue weighted by Gasteiger charge is 2.19. The van der Waals surface area contributed by atoms with Crippen LogP contribution in [-0.2, 0) is 9.47 Å². The number of benzene rings is 1. The number of guanidine groups is 1. The first-order valence-electron chi connectivity index (χ1n) is 8.99. The number of aliphatic imine (C=N–C) groups is 2. The molecule has 0 radical (unpaired) electrons. The summed E-state index contributed by atoms with van der Waals surface area (Å²) in [7, 11) is 0. The van der Waals surface area contributed by atoms with Crippen LogP contribution >= 0.6 is 0 Å². The molecule has 0 saturated carbocycles. The highest BCUT2D eigenvalue weighted by atomic mass is 16.5. The van der Waals surface area contributed by atoms with Crippen molar-refractivity contribution >= 4 is 11.8 Å². The molecule has 8 nitrogen and oxygen atoms in total. The van der Waals surface area contributed by atoms with Gasteiger partial charge in [-0.15, -0.1) is 0 Å². The normalized spacial score (nSPS) is 21.7. The van der Waals surface area contributed by atoms with E-state index in [4.69, 9.17) is 20.2 Å². The van der Waals surface area contributed by atoms with Crippen LogP contribution in [0.25, 0.3) is 0 Å². The Hall–Kier alpha value is -2.16. The summed E-state index contributed by atoms with van der Waals surface area (Å²) in [5.74, 6) is 1.11. The topological polar surface area (TPSA) is 95.9 Å². The molecule has 0 amide bonds. The first-order chi connectivity index (χ1) is 12.6. The fraction of sp³-hybridized carbons (Fsp3) is 0.556. The number of nitrogens with two attached hydrogens (primary N) is 1. The molecule has 0 aromatic heterocycles. The van der Waals surface area contributed by atoms with Crippen molar-refractivity contribution in [3.63, 3.8) is 0 Å². The van der Waals surface area contributed by atoms with E-state index in [0.717, 1.165) is 18.7 Å². The Labute approximate surface area is 153 Å². The summed E-state index contributed by atoms with van der Waals surface area (Å²) >= 11 is 0. The molecule has 0 aliphatic carbocycles. The molecule has 26 heavy (non-hydrogen) atoms. The van der Waals surface area contributed by atoms with E-state index in [1.54, 1.807) is 18.2 Å². The second-order valence-corrected chi connectivity index (χ2v) is 6.35. The molecule has 8 heteroatoms. The van der Waals surface area contributed by atoms with Gasteiger partial charge in [-0.1, -0.05) is 12.1 Å². The van der Waals surface area contributed by atoms with Crippen LogP contribution < -0.4 is 5.73 Å². The van der Waals surface area contributed by atoms with Gasteiger partial charge in [-0.05, 0) is 19.1 Å². The van der Waals surface area contributed by atoms with Gasteiger partial charge in [0.2, 0.25) is 0 Å². The van der Waals surface area contributed by atoms with Crippen LogP contribution in [-0.4, -0.2) is 85.5 Å². The number of amidine groups is 1. The average Bonchev–Trinajstić information content (AvgIpc) is 2.68. The molecule has 142 valence electrons. The van der Waals surface area contributed by atoms with Gasteiger partial charge in [-0.3, -0.25) is 4.90 Å². The summed E-state index contributed by atoms with van der Waals surface area (Å²) in [5.41, 5.74) is 6.96. The van der Waals surface area contributed by atoms with Crippen LogP contribution in [0.3, 0.4) is 0 Å². The molecule has 1 aromatic carbocycles. The quantitative estimate of drug-likeness (QED) is 0.600. The predicted octanol–water partition coefficient (Wildman–Crippen LogP) is 0.464. The fourth-order valence-electron chi connectivity index (χ4n) is 2.99. The first-order valence-corrected chi connectivity index (χ1v) is 8.99. The van der Waals surface area contributed by atoms with Crippen molar-refractivity contribution in [1.82, 2.24) is 9.80 Å². The average molecular weight is 361 g/mol. The van der Waals surface area contributed by atoms with E-state index in [9.17, 15) is 5.11 Å². The van der Waals surface area contributed by atoms with E-state index in [1.165, 1.54) is 0 Å². The number of nitrogens with zero attached hydrogens (tertiary/aromatic N) is 4. The molecule has 1 unspecified atom stereocenters. The van der Waals surface area contributed by atoms with Crippen LogP contribution in [0.1, 0.15) is 12.5 Å². The molecule has 2 heterocycles. The molecule has 3 rings (SSSR count). The van der Waals surface area contributed by atoms with E-state index >= 15 is 0 Å². The van der Waals surface area contributed by atoms with Crippen LogP contribution in [0.2, 0.25) is 0 Å². The largest absolute Gasteiger partial charge is 0.508 e. The third-order valence-corrected chi connectivity index (χ3v) is 4.54. The summed E-state index contributed by atoms with van der Waals surface area (Å²) in [4.78, 5) is 13.6. The van der Waals surface area contributed by atoms with E-state index in [2.05, 4.69) is 9.89 Å². The summed E-state index contributed by atoms with van der Waals surface area (Å²) in [5, 5.41) is 9.84. The predicted molar refractivity (Wildman–Crippen MR) is 101 cm³/mol. The molecule has 1 aromatic rings. The molecular weight excluding hydrogens is 334 g/mol. The number of phenolic OH excluding ortho intramolecular Hbond substituents is 1. The number of hydrogen-bond acceptors (Lipinski definition) is 5. The standard InChI is InChI=1S/C18H27N5O3/c1-14(22-5-9-25-10-6-22)20-17(15-3-2-4-16(24)13-15)21-18(19)23-7-11-26-12-8-23/h2-4,13-14,24H,5-12H2,1H3,(H2,19,20,21).